The molecule has 2 unspecified atom stereocenters. The molecule has 1 amide bonds. The fourth-order valence-electron chi connectivity index (χ4n) is 3.86. The highest BCUT2D eigenvalue weighted by Gasteiger charge is 2.27. The number of ether oxygens (including phenoxy) is 1. The number of aliphatic hydroxyl groups excluding tert-OH is 1. The molecule has 9 nitrogen and oxygen atoms in total. The number of H-pyrrole nitrogens is 1. The average molecular weight is 433 g/mol. The first-order valence-electron chi connectivity index (χ1n) is 10.3. The predicted molar refractivity (Wildman–Crippen MR) is 116 cm³/mol. The molecule has 2 aromatic heterocycles. The van der Waals surface area contributed by atoms with Gasteiger partial charge < -0.3 is 15.2 Å². The van der Waals surface area contributed by atoms with E-state index >= 15 is 0 Å². The summed E-state index contributed by atoms with van der Waals surface area (Å²) < 4.78 is 6.62. The van der Waals surface area contributed by atoms with E-state index in [0.717, 1.165) is 17.5 Å². The van der Waals surface area contributed by atoms with Crippen molar-refractivity contribution in [1.29, 1.82) is 5.26 Å². The highest BCUT2D eigenvalue weighted by molar-refractivity contribution is 5.94. The van der Waals surface area contributed by atoms with Crippen molar-refractivity contribution >= 4 is 5.91 Å². The van der Waals surface area contributed by atoms with E-state index < -0.39 is 0 Å². The maximum Gasteiger partial charge on any atom is 0.280 e. The van der Waals surface area contributed by atoms with Crippen molar-refractivity contribution in [3.63, 3.8) is 0 Å². The van der Waals surface area contributed by atoms with E-state index in [1.807, 2.05) is 6.92 Å². The number of benzene rings is 1. The Labute approximate surface area is 184 Å². The summed E-state index contributed by atoms with van der Waals surface area (Å²) in [5.41, 5.74) is 2.57. The average Bonchev–Trinajstić information content (AvgIpc) is 3.47. The van der Waals surface area contributed by atoms with Crippen LogP contribution in [0.15, 0.2) is 47.5 Å². The molecule has 0 saturated carbocycles. The predicted octanol–water partition coefficient (Wildman–Crippen LogP) is 1.53. The first-order chi connectivity index (χ1) is 15.5. The van der Waals surface area contributed by atoms with Crippen LogP contribution in [-0.2, 0) is 4.74 Å². The molecule has 1 fully saturated rings. The van der Waals surface area contributed by atoms with Crippen molar-refractivity contribution in [1.82, 2.24) is 20.1 Å². The Balaban J connectivity index is 1.53. The third-order valence-corrected chi connectivity index (χ3v) is 5.70. The smallest absolute Gasteiger partial charge is 0.280 e. The second-order valence-electron chi connectivity index (χ2n) is 7.76. The number of hydrogen-bond acceptors (Lipinski definition) is 6. The van der Waals surface area contributed by atoms with Gasteiger partial charge in [0.05, 0.1) is 42.0 Å². The Bertz CT molecular complexity index is 1220. The van der Waals surface area contributed by atoms with Crippen molar-refractivity contribution in [2.45, 2.75) is 19.4 Å². The number of amides is 1. The molecule has 0 radical (unpaired) electrons. The fraction of sp³-hybridized carbons (Fsp3) is 0.304. The molecule has 1 aliphatic rings. The normalized spacial score (nSPS) is 16.5. The molecule has 3 aromatic rings. The molecular formula is C23H23N5O4. The molecule has 1 aromatic carbocycles. The van der Waals surface area contributed by atoms with Crippen LogP contribution >= 0.6 is 0 Å². The minimum absolute atomic E-state index is 0.0813. The minimum Gasteiger partial charge on any atom is -0.394 e. The number of hydrogen-bond donors (Lipinski definition) is 3. The molecule has 3 heterocycles. The molecule has 1 aliphatic heterocycles. The topological polar surface area (TPSA) is 133 Å². The molecule has 0 aliphatic carbocycles. The SMILES string of the molecule is Cc1cc(C#N)ccc1-c1c[nH]n(-c2ccc(C(=O)NC(CO)C3CCOC3)cn2)c1=O. The van der Waals surface area contributed by atoms with Gasteiger partial charge in [0.1, 0.15) is 0 Å². The van der Waals surface area contributed by atoms with Crippen LogP contribution in [0.2, 0.25) is 0 Å². The molecule has 3 N–H and O–H groups in total. The Morgan fingerprint density at radius 3 is 2.88 bits per heavy atom. The first-order valence-corrected chi connectivity index (χ1v) is 10.3. The van der Waals surface area contributed by atoms with Crippen molar-refractivity contribution in [2.24, 2.45) is 5.92 Å². The zero-order valence-corrected chi connectivity index (χ0v) is 17.5. The molecule has 4 rings (SSSR count). The quantitative estimate of drug-likeness (QED) is 0.540. The van der Waals surface area contributed by atoms with E-state index in [2.05, 4.69) is 21.5 Å². The molecule has 9 heteroatoms. The van der Waals surface area contributed by atoms with E-state index in [9.17, 15) is 14.7 Å². The van der Waals surface area contributed by atoms with Gasteiger partial charge in [-0.25, -0.2) is 9.67 Å². The highest BCUT2D eigenvalue weighted by atomic mass is 16.5. The second kappa shape index (κ2) is 9.18. The number of aromatic amines is 1. The van der Waals surface area contributed by atoms with Crippen molar-refractivity contribution in [2.75, 3.05) is 19.8 Å². The number of nitriles is 1. The van der Waals surface area contributed by atoms with Gasteiger partial charge in [-0.3, -0.25) is 14.7 Å². The Morgan fingerprint density at radius 1 is 1.41 bits per heavy atom. The lowest BCUT2D eigenvalue weighted by atomic mass is 9.99. The Kier molecular flexibility index (Phi) is 6.16. The molecule has 0 spiro atoms. The number of aliphatic hydroxyl groups is 1. The lowest BCUT2D eigenvalue weighted by Gasteiger charge is -2.21. The monoisotopic (exact) mass is 433 g/mol. The van der Waals surface area contributed by atoms with Crippen molar-refractivity contribution < 1.29 is 14.6 Å². The third-order valence-electron chi connectivity index (χ3n) is 5.70. The van der Waals surface area contributed by atoms with Gasteiger partial charge in [-0.1, -0.05) is 6.07 Å². The lowest BCUT2D eigenvalue weighted by molar-refractivity contribution is 0.0877. The summed E-state index contributed by atoms with van der Waals surface area (Å²) in [6.45, 7) is 2.82. The van der Waals surface area contributed by atoms with Crippen molar-refractivity contribution in [3.05, 3.63) is 69.8 Å². The summed E-state index contributed by atoms with van der Waals surface area (Å²) in [5.74, 6) is 0.0764. The maximum absolute atomic E-state index is 12.9. The number of nitrogens with one attached hydrogen (secondary N) is 2. The number of aryl methyl sites for hydroxylation is 1. The largest absolute Gasteiger partial charge is 0.394 e. The lowest BCUT2D eigenvalue weighted by Crippen LogP contribution is -2.43. The van der Waals surface area contributed by atoms with Crippen LogP contribution in [-0.4, -0.2) is 51.6 Å². The van der Waals surface area contributed by atoms with Gasteiger partial charge in [-0.05, 0) is 48.7 Å². The zero-order chi connectivity index (χ0) is 22.7. The maximum atomic E-state index is 12.9. The summed E-state index contributed by atoms with van der Waals surface area (Å²) in [6, 6.07) is 10.0. The molecule has 32 heavy (non-hydrogen) atoms. The van der Waals surface area contributed by atoms with Crippen LogP contribution in [0.1, 0.15) is 27.9 Å². The second-order valence-corrected chi connectivity index (χ2v) is 7.76. The van der Waals surface area contributed by atoms with Crippen molar-refractivity contribution in [3.8, 4) is 23.0 Å². The number of aromatic nitrogens is 3. The summed E-state index contributed by atoms with van der Waals surface area (Å²) in [5, 5.41) is 24.4. The van der Waals surface area contributed by atoms with Crippen LogP contribution in [0.5, 0.6) is 0 Å². The summed E-state index contributed by atoms with van der Waals surface area (Å²) in [4.78, 5) is 29.8. The van der Waals surface area contributed by atoms with Crippen LogP contribution in [0.3, 0.4) is 0 Å². The van der Waals surface area contributed by atoms with Gasteiger partial charge in [0.15, 0.2) is 5.82 Å². The first kappa shape index (κ1) is 21.5. The fourth-order valence-corrected chi connectivity index (χ4v) is 3.86. The third kappa shape index (κ3) is 4.19. The Hall–Kier alpha value is -3.74. The van der Waals surface area contributed by atoms with Crippen LogP contribution < -0.4 is 10.9 Å². The van der Waals surface area contributed by atoms with E-state index in [4.69, 9.17) is 10.00 Å². The van der Waals surface area contributed by atoms with E-state index in [1.54, 1.807) is 36.5 Å². The number of carbonyl (C=O) groups is 1. The number of rotatable bonds is 6. The standard InChI is InChI=1S/C23H23N5O4/c1-14-8-15(9-24)2-4-18(14)19-11-26-28(23(19)31)21-5-3-16(10-25-21)22(30)27-20(12-29)17-6-7-32-13-17/h2-5,8,10-11,17,20,26,29H,6-7,12-13H2,1H3,(H,27,30). The van der Waals surface area contributed by atoms with E-state index in [-0.39, 0.29) is 30.0 Å². The van der Waals surface area contributed by atoms with Gasteiger partial charge in [0, 0.05) is 24.9 Å². The molecular weight excluding hydrogens is 410 g/mol. The Morgan fingerprint density at radius 2 is 2.25 bits per heavy atom. The van der Waals surface area contributed by atoms with E-state index in [0.29, 0.717) is 35.7 Å². The van der Waals surface area contributed by atoms with Gasteiger partial charge in [-0.15, -0.1) is 0 Å². The van der Waals surface area contributed by atoms with Crippen LogP contribution in [0.25, 0.3) is 16.9 Å². The number of nitrogens with zero attached hydrogens (tertiary/aromatic N) is 3. The number of pyridine rings is 1. The highest BCUT2D eigenvalue weighted by Crippen LogP contribution is 2.21. The van der Waals surface area contributed by atoms with Gasteiger partial charge in [-0.2, -0.15) is 5.26 Å². The van der Waals surface area contributed by atoms with Gasteiger partial charge >= 0.3 is 0 Å². The zero-order valence-electron chi connectivity index (χ0n) is 17.5. The van der Waals surface area contributed by atoms with Crippen LogP contribution in [0, 0.1) is 24.2 Å². The summed E-state index contributed by atoms with van der Waals surface area (Å²) >= 11 is 0. The molecule has 164 valence electrons. The minimum atomic E-state index is -0.381. The van der Waals surface area contributed by atoms with Gasteiger partial charge in [0.25, 0.3) is 11.5 Å². The molecule has 2 atom stereocenters. The number of carbonyl (C=O) groups excluding carboxylic acids is 1. The van der Waals surface area contributed by atoms with Gasteiger partial charge in [0.2, 0.25) is 0 Å². The molecule has 1 saturated heterocycles. The van der Waals surface area contributed by atoms with E-state index in [1.165, 1.54) is 10.9 Å². The summed E-state index contributed by atoms with van der Waals surface area (Å²) in [7, 11) is 0. The molecule has 0 bridgehead atoms. The summed E-state index contributed by atoms with van der Waals surface area (Å²) in [6.07, 6.45) is 3.78. The van der Waals surface area contributed by atoms with Crippen LogP contribution in [0.4, 0.5) is 0 Å².